The van der Waals surface area contributed by atoms with Crippen molar-refractivity contribution in [2.45, 2.75) is 11.4 Å². The number of hydrogen-bond acceptors (Lipinski definition) is 4. The second-order valence-electron chi connectivity index (χ2n) is 3.84. The van der Waals surface area contributed by atoms with Crippen molar-refractivity contribution in [1.82, 2.24) is 15.3 Å². The largest absolute Gasteiger partial charge is 0.314 e. The first kappa shape index (κ1) is 12.9. The standard InChI is InChI=1S/C13H15N3OS/c1-14-8-10-7-12(17)16-13(15-10)9-3-5-11(18-2)6-4-9/h3-7,14H,8H2,1-2H3,(H,15,16,17). The van der Waals surface area contributed by atoms with E-state index in [2.05, 4.69) is 15.3 Å². The Labute approximate surface area is 110 Å². The molecule has 2 N–H and O–H groups in total. The molecule has 0 spiro atoms. The van der Waals surface area contributed by atoms with E-state index in [-0.39, 0.29) is 5.56 Å². The number of benzene rings is 1. The van der Waals surface area contributed by atoms with Crippen molar-refractivity contribution in [1.29, 1.82) is 0 Å². The van der Waals surface area contributed by atoms with E-state index in [9.17, 15) is 4.79 Å². The van der Waals surface area contributed by atoms with Gasteiger partial charge in [0.05, 0.1) is 5.69 Å². The zero-order chi connectivity index (χ0) is 13.0. The number of H-pyrrole nitrogens is 1. The molecule has 0 aliphatic heterocycles. The van der Waals surface area contributed by atoms with Crippen molar-refractivity contribution >= 4 is 11.8 Å². The predicted molar refractivity (Wildman–Crippen MR) is 74.8 cm³/mol. The number of rotatable bonds is 4. The third-order valence-corrected chi connectivity index (χ3v) is 3.26. The molecule has 94 valence electrons. The van der Waals surface area contributed by atoms with Gasteiger partial charge in [0.15, 0.2) is 0 Å². The topological polar surface area (TPSA) is 57.8 Å². The highest BCUT2D eigenvalue weighted by atomic mass is 32.2. The monoisotopic (exact) mass is 261 g/mol. The summed E-state index contributed by atoms with van der Waals surface area (Å²) in [6.07, 6.45) is 2.03. The van der Waals surface area contributed by atoms with Crippen LogP contribution in [-0.2, 0) is 6.54 Å². The Morgan fingerprint density at radius 2 is 2.06 bits per heavy atom. The van der Waals surface area contributed by atoms with Gasteiger partial charge < -0.3 is 10.3 Å². The van der Waals surface area contributed by atoms with Crippen LogP contribution in [0.2, 0.25) is 0 Å². The molecule has 5 heteroatoms. The van der Waals surface area contributed by atoms with Crippen molar-refractivity contribution in [3.8, 4) is 11.4 Å². The maximum Gasteiger partial charge on any atom is 0.251 e. The van der Waals surface area contributed by atoms with Crippen LogP contribution in [-0.4, -0.2) is 23.3 Å². The van der Waals surface area contributed by atoms with Gasteiger partial charge in [-0.1, -0.05) is 12.1 Å². The van der Waals surface area contributed by atoms with Crippen LogP contribution in [0.4, 0.5) is 0 Å². The molecule has 0 fully saturated rings. The molecule has 0 aliphatic rings. The summed E-state index contributed by atoms with van der Waals surface area (Å²) in [4.78, 5) is 19.9. The minimum atomic E-state index is -0.126. The maximum absolute atomic E-state index is 11.6. The highest BCUT2D eigenvalue weighted by Crippen LogP contribution is 2.19. The second-order valence-corrected chi connectivity index (χ2v) is 4.72. The van der Waals surface area contributed by atoms with E-state index < -0.39 is 0 Å². The highest BCUT2D eigenvalue weighted by Gasteiger charge is 2.03. The summed E-state index contributed by atoms with van der Waals surface area (Å²) in [6, 6.07) is 9.48. The number of aromatic amines is 1. The number of hydrogen-bond donors (Lipinski definition) is 2. The van der Waals surface area contributed by atoms with Crippen LogP contribution < -0.4 is 10.9 Å². The third kappa shape index (κ3) is 3.00. The molecule has 0 aliphatic carbocycles. The minimum Gasteiger partial charge on any atom is -0.314 e. The summed E-state index contributed by atoms with van der Waals surface area (Å²) >= 11 is 1.68. The third-order valence-electron chi connectivity index (χ3n) is 2.52. The highest BCUT2D eigenvalue weighted by molar-refractivity contribution is 7.98. The Morgan fingerprint density at radius 1 is 1.33 bits per heavy atom. The molecule has 1 aromatic carbocycles. The molecule has 18 heavy (non-hydrogen) atoms. The van der Waals surface area contributed by atoms with Gasteiger partial charge in [-0.2, -0.15) is 0 Å². The van der Waals surface area contributed by atoms with Gasteiger partial charge in [0, 0.05) is 23.1 Å². The molecule has 4 nitrogen and oxygen atoms in total. The first-order chi connectivity index (χ1) is 8.72. The van der Waals surface area contributed by atoms with Crippen molar-refractivity contribution in [3.63, 3.8) is 0 Å². The molecule has 0 unspecified atom stereocenters. The average molecular weight is 261 g/mol. The number of nitrogens with zero attached hydrogens (tertiary/aromatic N) is 1. The Kier molecular flexibility index (Phi) is 4.17. The summed E-state index contributed by atoms with van der Waals surface area (Å²) < 4.78 is 0. The fourth-order valence-corrected chi connectivity index (χ4v) is 2.07. The van der Waals surface area contributed by atoms with Crippen molar-refractivity contribution in [3.05, 3.63) is 46.4 Å². The quantitative estimate of drug-likeness (QED) is 0.825. The van der Waals surface area contributed by atoms with Crippen molar-refractivity contribution in [2.75, 3.05) is 13.3 Å². The van der Waals surface area contributed by atoms with Gasteiger partial charge in [0.25, 0.3) is 5.56 Å². The van der Waals surface area contributed by atoms with Crippen LogP contribution in [0.5, 0.6) is 0 Å². The summed E-state index contributed by atoms with van der Waals surface area (Å²) in [7, 11) is 1.83. The van der Waals surface area contributed by atoms with Crippen LogP contribution in [0, 0.1) is 0 Å². The molecular weight excluding hydrogens is 246 g/mol. The molecule has 2 rings (SSSR count). The number of nitrogens with one attached hydrogen (secondary N) is 2. The zero-order valence-corrected chi connectivity index (χ0v) is 11.2. The molecule has 2 aromatic rings. The van der Waals surface area contributed by atoms with E-state index in [1.165, 1.54) is 11.0 Å². The summed E-state index contributed by atoms with van der Waals surface area (Å²) in [5, 5.41) is 2.99. The fourth-order valence-electron chi connectivity index (χ4n) is 1.67. The van der Waals surface area contributed by atoms with Crippen molar-refractivity contribution in [2.24, 2.45) is 0 Å². The molecule has 0 saturated heterocycles. The molecule has 0 bridgehead atoms. The van der Waals surface area contributed by atoms with Gasteiger partial charge in [-0.15, -0.1) is 11.8 Å². The van der Waals surface area contributed by atoms with Crippen molar-refractivity contribution < 1.29 is 0 Å². The smallest absolute Gasteiger partial charge is 0.251 e. The Hall–Kier alpha value is -1.59. The van der Waals surface area contributed by atoms with E-state index in [0.29, 0.717) is 12.4 Å². The Morgan fingerprint density at radius 3 is 2.67 bits per heavy atom. The fraction of sp³-hybridized carbons (Fsp3) is 0.231. The second kappa shape index (κ2) is 5.84. The first-order valence-corrected chi connectivity index (χ1v) is 6.84. The van der Waals surface area contributed by atoms with E-state index >= 15 is 0 Å². The lowest BCUT2D eigenvalue weighted by molar-refractivity contribution is 0.785. The molecule has 1 aromatic heterocycles. The van der Waals surface area contributed by atoms with Gasteiger partial charge in [-0.3, -0.25) is 4.79 Å². The summed E-state index contributed by atoms with van der Waals surface area (Å²) in [5.41, 5.74) is 1.53. The van der Waals surface area contributed by atoms with E-state index in [0.717, 1.165) is 11.3 Å². The number of thioether (sulfide) groups is 1. The average Bonchev–Trinajstić information content (AvgIpc) is 2.38. The zero-order valence-electron chi connectivity index (χ0n) is 10.4. The van der Waals surface area contributed by atoms with Gasteiger partial charge in [-0.25, -0.2) is 4.98 Å². The summed E-state index contributed by atoms with van der Waals surface area (Å²) in [6.45, 7) is 0.583. The lowest BCUT2D eigenvalue weighted by Crippen LogP contribution is -2.14. The maximum atomic E-state index is 11.6. The van der Waals surface area contributed by atoms with E-state index in [1.54, 1.807) is 11.8 Å². The molecule has 1 heterocycles. The lowest BCUT2D eigenvalue weighted by Gasteiger charge is -2.04. The van der Waals surface area contributed by atoms with Gasteiger partial charge in [0.2, 0.25) is 0 Å². The van der Waals surface area contributed by atoms with Crippen LogP contribution >= 0.6 is 11.8 Å². The Bertz CT molecular complexity index is 578. The van der Waals surface area contributed by atoms with Crippen LogP contribution in [0.25, 0.3) is 11.4 Å². The van der Waals surface area contributed by atoms with Gasteiger partial charge in [-0.05, 0) is 25.4 Å². The first-order valence-electron chi connectivity index (χ1n) is 5.62. The molecule has 0 atom stereocenters. The van der Waals surface area contributed by atoms with Gasteiger partial charge in [0.1, 0.15) is 5.82 Å². The van der Waals surface area contributed by atoms with E-state index in [4.69, 9.17) is 0 Å². The van der Waals surface area contributed by atoms with Crippen LogP contribution in [0.1, 0.15) is 5.69 Å². The Balaban J connectivity index is 2.39. The molecule has 0 radical (unpaired) electrons. The predicted octanol–water partition coefficient (Wildman–Crippen LogP) is 1.88. The molecule has 0 saturated carbocycles. The van der Waals surface area contributed by atoms with Crippen LogP contribution in [0.3, 0.4) is 0 Å². The SMILES string of the molecule is CNCc1cc(=O)[nH]c(-c2ccc(SC)cc2)n1. The van der Waals surface area contributed by atoms with E-state index in [1.807, 2.05) is 37.6 Å². The summed E-state index contributed by atoms with van der Waals surface area (Å²) in [5.74, 6) is 0.611. The normalized spacial score (nSPS) is 10.6. The minimum absolute atomic E-state index is 0.126. The number of aromatic nitrogens is 2. The molecular formula is C13H15N3OS. The van der Waals surface area contributed by atoms with Crippen LogP contribution in [0.15, 0.2) is 40.0 Å². The molecule has 0 amide bonds. The lowest BCUT2D eigenvalue weighted by atomic mass is 10.2. The van der Waals surface area contributed by atoms with Gasteiger partial charge >= 0.3 is 0 Å².